The molecule has 2 aromatic rings. The van der Waals surface area contributed by atoms with E-state index in [4.69, 9.17) is 4.74 Å². The predicted octanol–water partition coefficient (Wildman–Crippen LogP) is 2.77. The fourth-order valence-electron chi connectivity index (χ4n) is 3.46. The molecule has 0 radical (unpaired) electrons. The van der Waals surface area contributed by atoms with Gasteiger partial charge in [-0.1, -0.05) is 6.07 Å². The zero-order chi connectivity index (χ0) is 22.2. The Morgan fingerprint density at radius 3 is 2.41 bits per heavy atom. The van der Waals surface area contributed by atoms with Gasteiger partial charge >= 0.3 is 0 Å². The van der Waals surface area contributed by atoms with Gasteiger partial charge in [0.1, 0.15) is 23.1 Å². The summed E-state index contributed by atoms with van der Waals surface area (Å²) in [6.45, 7) is 1.89. The third kappa shape index (κ3) is 6.68. The minimum atomic E-state index is -0.559. The average Bonchev–Trinajstić information content (AvgIpc) is 3.23. The van der Waals surface area contributed by atoms with E-state index >= 15 is 0 Å². The van der Waals surface area contributed by atoms with E-state index in [0.29, 0.717) is 43.5 Å². The molecule has 0 aliphatic carbocycles. The van der Waals surface area contributed by atoms with E-state index in [2.05, 4.69) is 20.9 Å². The second-order valence-electron chi connectivity index (χ2n) is 7.13. The minimum absolute atomic E-state index is 0. The Labute approximate surface area is 203 Å². The lowest BCUT2D eigenvalue weighted by Crippen LogP contribution is -2.46. The molecule has 32 heavy (non-hydrogen) atoms. The lowest BCUT2D eigenvalue weighted by Gasteiger charge is -2.21. The van der Waals surface area contributed by atoms with Crippen molar-refractivity contribution in [2.24, 2.45) is 4.99 Å². The Balaban J connectivity index is 0.00000363. The average molecular weight is 559 g/mol. The molecule has 0 bridgehead atoms. The largest absolute Gasteiger partial charge is 0.497 e. The van der Waals surface area contributed by atoms with Crippen molar-refractivity contribution in [3.63, 3.8) is 0 Å². The number of anilines is 1. The van der Waals surface area contributed by atoms with Gasteiger partial charge in [-0.05, 0) is 42.8 Å². The van der Waals surface area contributed by atoms with Crippen LogP contribution in [0.25, 0.3) is 0 Å². The SMILES string of the molecule is CN=C(NCCNC(=O)c1ccc(OC)cc1)NC1CCN(c2c(F)cccc2F)C1.I. The Hall–Kier alpha value is -2.63. The standard InChI is InChI=1S/C22H27F2N5O2.HI/c1-25-22(27-12-11-26-21(30)15-6-8-17(31-2)9-7-15)28-16-10-13-29(14-16)20-18(23)4-3-5-19(20)24;/h3-9,16H,10-14H2,1-2H3,(H,26,30)(H2,25,27,28);1H. The van der Waals surface area contributed by atoms with Crippen LogP contribution in [0.4, 0.5) is 14.5 Å². The van der Waals surface area contributed by atoms with Gasteiger partial charge in [0, 0.05) is 44.8 Å². The van der Waals surface area contributed by atoms with Gasteiger partial charge in [0.15, 0.2) is 5.96 Å². The molecule has 10 heteroatoms. The number of benzene rings is 2. The maximum absolute atomic E-state index is 14.0. The Kier molecular flexibility index (Phi) is 9.95. The number of ether oxygens (including phenoxy) is 1. The van der Waals surface area contributed by atoms with Crippen molar-refractivity contribution in [2.45, 2.75) is 12.5 Å². The second kappa shape index (κ2) is 12.4. The van der Waals surface area contributed by atoms with E-state index in [-0.39, 0.29) is 41.6 Å². The first-order valence-electron chi connectivity index (χ1n) is 10.1. The number of hydrogen-bond donors (Lipinski definition) is 3. The van der Waals surface area contributed by atoms with E-state index in [9.17, 15) is 13.6 Å². The van der Waals surface area contributed by atoms with Gasteiger partial charge in [-0.2, -0.15) is 0 Å². The summed E-state index contributed by atoms with van der Waals surface area (Å²) in [6.07, 6.45) is 0.725. The number of hydrogen-bond acceptors (Lipinski definition) is 4. The Morgan fingerprint density at radius 2 is 1.78 bits per heavy atom. The summed E-state index contributed by atoms with van der Waals surface area (Å²) in [5, 5.41) is 9.23. The highest BCUT2D eigenvalue weighted by Gasteiger charge is 2.27. The van der Waals surface area contributed by atoms with Crippen molar-refractivity contribution in [3.05, 3.63) is 59.7 Å². The lowest BCUT2D eigenvalue weighted by atomic mass is 10.2. The molecule has 0 saturated carbocycles. The number of halogens is 3. The summed E-state index contributed by atoms with van der Waals surface area (Å²) >= 11 is 0. The third-order valence-electron chi connectivity index (χ3n) is 5.06. The molecule has 1 aliphatic heterocycles. The van der Waals surface area contributed by atoms with Crippen LogP contribution in [0.3, 0.4) is 0 Å². The number of nitrogens with one attached hydrogen (secondary N) is 3. The molecule has 3 N–H and O–H groups in total. The van der Waals surface area contributed by atoms with E-state index in [1.54, 1.807) is 43.3 Å². The number of para-hydroxylation sites is 1. The van der Waals surface area contributed by atoms with Gasteiger partial charge in [-0.25, -0.2) is 8.78 Å². The molecule has 3 rings (SSSR count). The highest BCUT2D eigenvalue weighted by atomic mass is 127. The van der Waals surface area contributed by atoms with E-state index in [1.165, 1.54) is 18.2 Å². The van der Waals surface area contributed by atoms with Crippen molar-refractivity contribution in [3.8, 4) is 5.75 Å². The molecule has 7 nitrogen and oxygen atoms in total. The maximum atomic E-state index is 14.0. The number of amides is 1. The minimum Gasteiger partial charge on any atom is -0.497 e. The van der Waals surface area contributed by atoms with Crippen LogP contribution in [0.5, 0.6) is 5.75 Å². The van der Waals surface area contributed by atoms with Crippen LogP contribution in [-0.2, 0) is 0 Å². The number of carbonyl (C=O) groups excluding carboxylic acids is 1. The fourth-order valence-corrected chi connectivity index (χ4v) is 3.46. The molecule has 0 spiro atoms. The summed E-state index contributed by atoms with van der Waals surface area (Å²) in [5.74, 6) is -0.0341. The molecule has 1 fully saturated rings. The Bertz CT molecular complexity index is 907. The summed E-state index contributed by atoms with van der Waals surface area (Å²) in [6, 6.07) is 10.8. The second-order valence-corrected chi connectivity index (χ2v) is 7.13. The molecule has 1 amide bonds. The molecule has 1 atom stereocenters. The van der Waals surface area contributed by atoms with Crippen molar-refractivity contribution in [2.75, 3.05) is 45.2 Å². The maximum Gasteiger partial charge on any atom is 0.251 e. The number of guanidine groups is 1. The number of carbonyl (C=O) groups is 1. The summed E-state index contributed by atoms with van der Waals surface area (Å²) in [4.78, 5) is 18.0. The normalized spacial score (nSPS) is 15.7. The zero-order valence-electron chi connectivity index (χ0n) is 18.0. The molecule has 1 heterocycles. The highest BCUT2D eigenvalue weighted by molar-refractivity contribution is 14.0. The van der Waals surface area contributed by atoms with E-state index in [0.717, 1.165) is 6.42 Å². The van der Waals surface area contributed by atoms with Gasteiger partial charge in [0.05, 0.1) is 7.11 Å². The van der Waals surface area contributed by atoms with Crippen LogP contribution in [0.1, 0.15) is 16.8 Å². The van der Waals surface area contributed by atoms with Crippen LogP contribution >= 0.6 is 24.0 Å². The van der Waals surface area contributed by atoms with Crippen molar-refractivity contribution < 1.29 is 18.3 Å². The molecule has 1 saturated heterocycles. The van der Waals surface area contributed by atoms with Crippen LogP contribution in [-0.4, -0.2) is 58.2 Å². The fraction of sp³-hybridized carbons (Fsp3) is 0.364. The molecular formula is C22H28F2IN5O2. The van der Waals surface area contributed by atoms with Crippen LogP contribution in [0, 0.1) is 11.6 Å². The molecule has 174 valence electrons. The summed E-state index contributed by atoms with van der Waals surface area (Å²) in [5.41, 5.74) is 0.561. The van der Waals surface area contributed by atoms with Gasteiger partial charge in [-0.3, -0.25) is 9.79 Å². The van der Waals surface area contributed by atoms with Gasteiger partial charge in [0.2, 0.25) is 0 Å². The molecular weight excluding hydrogens is 531 g/mol. The van der Waals surface area contributed by atoms with Gasteiger partial charge < -0.3 is 25.6 Å². The Morgan fingerprint density at radius 1 is 1.12 bits per heavy atom. The first-order valence-corrected chi connectivity index (χ1v) is 10.1. The molecule has 2 aromatic carbocycles. The lowest BCUT2D eigenvalue weighted by molar-refractivity contribution is 0.0954. The number of aliphatic imine (C=N–C) groups is 1. The first-order chi connectivity index (χ1) is 15.0. The number of nitrogens with zero attached hydrogens (tertiary/aromatic N) is 2. The van der Waals surface area contributed by atoms with Crippen molar-refractivity contribution in [1.82, 2.24) is 16.0 Å². The van der Waals surface area contributed by atoms with E-state index < -0.39 is 11.6 Å². The quantitative estimate of drug-likeness (QED) is 0.211. The summed E-state index contributed by atoms with van der Waals surface area (Å²) in [7, 11) is 3.22. The van der Waals surface area contributed by atoms with Crippen LogP contribution in [0.2, 0.25) is 0 Å². The number of rotatable bonds is 7. The topological polar surface area (TPSA) is 78.0 Å². The smallest absolute Gasteiger partial charge is 0.251 e. The first kappa shape index (κ1) is 25.6. The summed E-state index contributed by atoms with van der Waals surface area (Å²) < 4.78 is 33.1. The molecule has 1 unspecified atom stereocenters. The van der Waals surface area contributed by atoms with Crippen molar-refractivity contribution >= 4 is 41.5 Å². The number of methoxy groups -OCH3 is 1. The van der Waals surface area contributed by atoms with Crippen LogP contribution in [0.15, 0.2) is 47.5 Å². The third-order valence-corrected chi connectivity index (χ3v) is 5.06. The zero-order valence-corrected chi connectivity index (χ0v) is 20.4. The molecule has 1 aliphatic rings. The van der Waals surface area contributed by atoms with Crippen LogP contribution < -0.4 is 25.6 Å². The molecule has 0 aromatic heterocycles. The van der Waals surface area contributed by atoms with Gasteiger partial charge in [0.25, 0.3) is 5.91 Å². The van der Waals surface area contributed by atoms with Crippen molar-refractivity contribution in [1.29, 1.82) is 0 Å². The predicted molar refractivity (Wildman–Crippen MR) is 132 cm³/mol. The highest BCUT2D eigenvalue weighted by Crippen LogP contribution is 2.26. The monoisotopic (exact) mass is 559 g/mol. The van der Waals surface area contributed by atoms with Gasteiger partial charge in [-0.15, -0.1) is 24.0 Å². The van der Waals surface area contributed by atoms with E-state index in [1.807, 2.05) is 0 Å².